The number of carbonyl (C=O) groups is 1. The number of anilines is 1. The van der Waals surface area contributed by atoms with Gasteiger partial charge in [-0.1, -0.05) is 18.2 Å². The van der Waals surface area contributed by atoms with E-state index in [2.05, 4.69) is 21.2 Å². The molecule has 0 saturated heterocycles. The van der Waals surface area contributed by atoms with Crippen LogP contribution >= 0.6 is 15.9 Å². The van der Waals surface area contributed by atoms with E-state index in [1.807, 2.05) is 36.4 Å². The number of benzene rings is 2. The number of nitrogens with one attached hydrogen (secondary N) is 1. The highest BCUT2D eigenvalue weighted by molar-refractivity contribution is 9.10. The number of halogens is 1. The fourth-order valence-electron chi connectivity index (χ4n) is 2.37. The van der Waals surface area contributed by atoms with Crippen molar-refractivity contribution in [2.75, 3.05) is 20.0 Å². The Morgan fingerprint density at radius 2 is 1.96 bits per heavy atom. The van der Waals surface area contributed by atoms with E-state index in [-0.39, 0.29) is 5.91 Å². The molecule has 0 radical (unpaired) electrons. The molecule has 2 aromatic rings. The lowest BCUT2D eigenvalue weighted by molar-refractivity contribution is -0.121. The van der Waals surface area contributed by atoms with E-state index in [0.717, 1.165) is 15.6 Å². The smallest absolute Gasteiger partial charge is 0.220 e. The molecule has 2 rings (SSSR count). The second-order valence-corrected chi connectivity index (χ2v) is 6.14. The summed E-state index contributed by atoms with van der Waals surface area (Å²) in [6, 6.07) is 11.3. The highest BCUT2D eigenvalue weighted by Gasteiger charge is 2.11. The number of para-hydroxylation sites is 1. The molecule has 24 heavy (non-hydrogen) atoms. The molecule has 0 spiro atoms. The molecule has 3 N–H and O–H groups in total. The summed E-state index contributed by atoms with van der Waals surface area (Å²) in [4.78, 5) is 12.0. The lowest BCUT2D eigenvalue weighted by Crippen LogP contribution is -2.23. The van der Waals surface area contributed by atoms with Crippen LogP contribution in [0.15, 0.2) is 40.9 Å². The normalized spacial score (nSPS) is 10.3. The molecule has 0 aliphatic carbocycles. The molecule has 2 aromatic carbocycles. The predicted molar refractivity (Wildman–Crippen MR) is 98.3 cm³/mol. The predicted octanol–water partition coefficient (Wildman–Crippen LogP) is 3.30. The summed E-state index contributed by atoms with van der Waals surface area (Å²) in [5.74, 6) is 1.23. The first-order valence-corrected chi connectivity index (χ1v) is 8.35. The van der Waals surface area contributed by atoms with E-state index in [4.69, 9.17) is 15.2 Å². The topological polar surface area (TPSA) is 73.6 Å². The van der Waals surface area contributed by atoms with Crippen molar-refractivity contribution >= 4 is 27.5 Å². The van der Waals surface area contributed by atoms with Crippen molar-refractivity contribution in [3.63, 3.8) is 0 Å². The van der Waals surface area contributed by atoms with Crippen LogP contribution in [0.3, 0.4) is 0 Å². The lowest BCUT2D eigenvalue weighted by Gasteiger charge is -2.12. The molecule has 1 amide bonds. The zero-order valence-corrected chi connectivity index (χ0v) is 15.4. The van der Waals surface area contributed by atoms with Crippen LogP contribution in [0.5, 0.6) is 11.5 Å². The maximum Gasteiger partial charge on any atom is 0.220 e. The van der Waals surface area contributed by atoms with Gasteiger partial charge in [-0.05, 0) is 51.7 Å². The van der Waals surface area contributed by atoms with Gasteiger partial charge in [0, 0.05) is 18.7 Å². The molecule has 128 valence electrons. The second kappa shape index (κ2) is 8.59. The van der Waals surface area contributed by atoms with Gasteiger partial charge in [-0.2, -0.15) is 0 Å². The highest BCUT2D eigenvalue weighted by atomic mass is 79.9. The molecular weight excluding hydrogens is 372 g/mol. The summed E-state index contributed by atoms with van der Waals surface area (Å²) >= 11 is 3.44. The van der Waals surface area contributed by atoms with E-state index >= 15 is 0 Å². The van der Waals surface area contributed by atoms with Gasteiger partial charge in [0.1, 0.15) is 0 Å². The van der Waals surface area contributed by atoms with Crippen molar-refractivity contribution in [2.45, 2.75) is 19.4 Å². The average Bonchev–Trinajstić information content (AvgIpc) is 2.58. The Labute approximate surface area is 150 Å². The van der Waals surface area contributed by atoms with E-state index < -0.39 is 0 Å². The van der Waals surface area contributed by atoms with Crippen molar-refractivity contribution in [3.05, 3.63) is 52.0 Å². The number of carbonyl (C=O) groups excluding carboxylic acids is 1. The van der Waals surface area contributed by atoms with Crippen molar-refractivity contribution in [3.8, 4) is 11.5 Å². The summed E-state index contributed by atoms with van der Waals surface area (Å²) in [6.07, 6.45) is 1.01. The van der Waals surface area contributed by atoms with Gasteiger partial charge >= 0.3 is 0 Å². The van der Waals surface area contributed by atoms with Gasteiger partial charge in [0.05, 0.1) is 18.7 Å². The van der Waals surface area contributed by atoms with Gasteiger partial charge in [0.15, 0.2) is 11.5 Å². The third-order valence-electron chi connectivity index (χ3n) is 3.66. The van der Waals surface area contributed by atoms with Crippen molar-refractivity contribution < 1.29 is 14.3 Å². The molecular formula is C18H21BrN2O3. The number of hydrogen-bond acceptors (Lipinski definition) is 4. The van der Waals surface area contributed by atoms with Crippen molar-refractivity contribution in [1.82, 2.24) is 5.32 Å². The minimum atomic E-state index is -0.0239. The molecule has 0 aliphatic rings. The van der Waals surface area contributed by atoms with Crippen LogP contribution in [-0.4, -0.2) is 20.1 Å². The minimum Gasteiger partial charge on any atom is -0.493 e. The minimum absolute atomic E-state index is 0.0239. The van der Waals surface area contributed by atoms with E-state index in [0.29, 0.717) is 36.6 Å². The van der Waals surface area contributed by atoms with Gasteiger partial charge < -0.3 is 20.5 Å². The van der Waals surface area contributed by atoms with Crippen LogP contribution in [0, 0.1) is 0 Å². The SMILES string of the molecule is COc1cc(CNC(=O)CCc2ccccc2N)cc(Br)c1OC. The van der Waals surface area contributed by atoms with Crippen LogP contribution in [0.4, 0.5) is 5.69 Å². The monoisotopic (exact) mass is 392 g/mol. The molecule has 0 saturated carbocycles. The first-order valence-electron chi connectivity index (χ1n) is 7.55. The maximum absolute atomic E-state index is 12.0. The highest BCUT2D eigenvalue weighted by Crippen LogP contribution is 2.36. The fraction of sp³-hybridized carbons (Fsp3) is 0.278. The summed E-state index contributed by atoms with van der Waals surface area (Å²) < 4.78 is 11.4. The number of hydrogen-bond donors (Lipinski definition) is 2. The van der Waals surface area contributed by atoms with Crippen LogP contribution in [-0.2, 0) is 17.8 Å². The van der Waals surface area contributed by atoms with E-state index in [9.17, 15) is 4.79 Å². The van der Waals surface area contributed by atoms with E-state index in [1.165, 1.54) is 0 Å². The summed E-state index contributed by atoms with van der Waals surface area (Å²) in [5.41, 5.74) is 8.51. The number of rotatable bonds is 7. The van der Waals surface area contributed by atoms with Crippen LogP contribution < -0.4 is 20.5 Å². The molecule has 0 unspecified atom stereocenters. The van der Waals surface area contributed by atoms with Crippen molar-refractivity contribution in [1.29, 1.82) is 0 Å². The maximum atomic E-state index is 12.0. The Hall–Kier alpha value is -2.21. The van der Waals surface area contributed by atoms with Gasteiger partial charge in [-0.3, -0.25) is 4.79 Å². The van der Waals surface area contributed by atoms with Gasteiger partial charge in [-0.25, -0.2) is 0 Å². The first-order chi connectivity index (χ1) is 11.5. The van der Waals surface area contributed by atoms with Gasteiger partial charge in [0.2, 0.25) is 5.91 Å². The molecule has 0 bridgehead atoms. The number of methoxy groups -OCH3 is 2. The molecule has 0 atom stereocenters. The lowest BCUT2D eigenvalue weighted by atomic mass is 10.1. The molecule has 0 aromatic heterocycles. The number of amides is 1. The number of ether oxygens (including phenoxy) is 2. The van der Waals surface area contributed by atoms with Crippen LogP contribution in [0.25, 0.3) is 0 Å². The Balaban J connectivity index is 1.92. The fourth-order valence-corrected chi connectivity index (χ4v) is 3.02. The molecule has 0 aliphatic heterocycles. The standard InChI is InChI=1S/C18H21BrN2O3/c1-23-16-10-12(9-14(19)18(16)24-2)11-21-17(22)8-7-13-5-3-4-6-15(13)20/h3-6,9-10H,7-8,11,20H2,1-2H3,(H,21,22). The second-order valence-electron chi connectivity index (χ2n) is 5.29. The van der Waals surface area contributed by atoms with Crippen LogP contribution in [0.2, 0.25) is 0 Å². The molecule has 0 fully saturated rings. The third kappa shape index (κ3) is 4.64. The molecule has 5 nitrogen and oxygen atoms in total. The van der Waals surface area contributed by atoms with E-state index in [1.54, 1.807) is 14.2 Å². The molecule has 6 heteroatoms. The average molecular weight is 393 g/mol. The summed E-state index contributed by atoms with van der Waals surface area (Å²) in [6.45, 7) is 0.419. The van der Waals surface area contributed by atoms with Gasteiger partial charge in [-0.15, -0.1) is 0 Å². The van der Waals surface area contributed by atoms with Crippen molar-refractivity contribution in [2.24, 2.45) is 0 Å². The number of aryl methyl sites for hydroxylation is 1. The first kappa shape index (κ1) is 18.1. The Morgan fingerprint density at radius 1 is 1.21 bits per heavy atom. The summed E-state index contributed by atoms with van der Waals surface area (Å²) in [5, 5.41) is 2.91. The number of nitrogen functional groups attached to an aromatic ring is 1. The largest absolute Gasteiger partial charge is 0.493 e. The zero-order valence-electron chi connectivity index (χ0n) is 13.8. The third-order valence-corrected chi connectivity index (χ3v) is 4.25. The Morgan fingerprint density at radius 3 is 2.62 bits per heavy atom. The Kier molecular flexibility index (Phi) is 6.49. The van der Waals surface area contributed by atoms with Crippen LogP contribution in [0.1, 0.15) is 17.5 Å². The number of nitrogens with two attached hydrogens (primary N) is 1. The van der Waals surface area contributed by atoms with Gasteiger partial charge in [0.25, 0.3) is 0 Å². The quantitative estimate of drug-likeness (QED) is 0.708. The summed E-state index contributed by atoms with van der Waals surface area (Å²) in [7, 11) is 3.16. The Bertz CT molecular complexity index is 719. The zero-order chi connectivity index (χ0) is 17.5. The molecule has 0 heterocycles.